The van der Waals surface area contributed by atoms with Crippen LogP contribution in [0.2, 0.25) is 0 Å². The molecule has 0 fully saturated rings. The molecule has 0 aliphatic rings. The van der Waals surface area contributed by atoms with E-state index in [0.29, 0.717) is 5.92 Å². The lowest BCUT2D eigenvalue weighted by Gasteiger charge is -2.12. The van der Waals surface area contributed by atoms with Gasteiger partial charge >= 0.3 is 5.97 Å². The summed E-state index contributed by atoms with van der Waals surface area (Å²) in [7, 11) is 0. The Bertz CT molecular complexity index is 567. The summed E-state index contributed by atoms with van der Waals surface area (Å²) in [6, 6.07) is 7.97. The number of rotatable bonds is 2. The number of aromatic nitrogens is 1. The fourth-order valence-corrected chi connectivity index (χ4v) is 2.28. The Balaban J connectivity index is 2.76. The Morgan fingerprint density at radius 1 is 1.29 bits per heavy atom. The van der Waals surface area contributed by atoms with Gasteiger partial charge in [-0.3, -0.25) is 0 Å². The van der Waals surface area contributed by atoms with Crippen molar-refractivity contribution in [2.24, 2.45) is 0 Å². The normalized spacial score (nSPS) is 11.1. The van der Waals surface area contributed by atoms with E-state index in [1.54, 1.807) is 4.73 Å². The summed E-state index contributed by atoms with van der Waals surface area (Å²) in [5, 5.41) is 1.14. The predicted molar refractivity (Wildman–Crippen MR) is 68.0 cm³/mol. The molecule has 0 amide bonds. The van der Waals surface area contributed by atoms with E-state index in [1.165, 1.54) is 12.5 Å². The topological polar surface area (TPSA) is 31.2 Å². The molecule has 2 rings (SSSR count). The van der Waals surface area contributed by atoms with Crippen LogP contribution in [0.25, 0.3) is 10.9 Å². The molecular weight excluding hydrogens is 214 g/mol. The molecule has 0 saturated carbocycles. The average molecular weight is 231 g/mol. The molecule has 0 unspecified atom stereocenters. The first-order valence-corrected chi connectivity index (χ1v) is 5.81. The first kappa shape index (κ1) is 11.7. The van der Waals surface area contributed by atoms with Crippen LogP contribution in [0.3, 0.4) is 0 Å². The second-order valence-corrected chi connectivity index (χ2v) is 4.56. The zero-order chi connectivity index (χ0) is 12.6. The number of para-hydroxylation sites is 1. The van der Waals surface area contributed by atoms with Crippen molar-refractivity contribution in [3.8, 4) is 0 Å². The molecule has 0 atom stereocenters. The summed E-state index contributed by atoms with van der Waals surface area (Å²) in [4.78, 5) is 16.5. The highest BCUT2D eigenvalue weighted by Crippen LogP contribution is 2.29. The fraction of sp³-hybridized carbons (Fsp3) is 0.357. The number of hydrogen-bond donors (Lipinski definition) is 0. The van der Waals surface area contributed by atoms with Gasteiger partial charge < -0.3 is 4.84 Å². The van der Waals surface area contributed by atoms with Crippen LogP contribution in [-0.2, 0) is 4.79 Å². The van der Waals surface area contributed by atoms with Crippen LogP contribution in [-0.4, -0.2) is 10.7 Å². The first-order valence-electron chi connectivity index (χ1n) is 5.81. The Kier molecular flexibility index (Phi) is 2.92. The van der Waals surface area contributed by atoms with Crippen molar-refractivity contribution in [3.05, 3.63) is 35.5 Å². The molecule has 2 aromatic rings. The molecule has 0 N–H and O–H groups in total. The molecule has 90 valence electrons. The lowest BCUT2D eigenvalue weighted by molar-refractivity contribution is -0.141. The third-order valence-corrected chi connectivity index (χ3v) is 2.90. The first-order chi connectivity index (χ1) is 8.02. The van der Waals surface area contributed by atoms with Crippen LogP contribution in [0.1, 0.15) is 37.9 Å². The molecule has 17 heavy (non-hydrogen) atoms. The minimum absolute atomic E-state index is 0.298. The highest BCUT2D eigenvalue weighted by molar-refractivity contribution is 5.85. The van der Waals surface area contributed by atoms with Gasteiger partial charge in [-0.1, -0.05) is 32.0 Å². The minimum atomic E-state index is -0.298. The second-order valence-electron chi connectivity index (χ2n) is 4.56. The third-order valence-electron chi connectivity index (χ3n) is 2.90. The third kappa shape index (κ3) is 1.93. The lowest BCUT2D eigenvalue weighted by atomic mass is 10.1. The Morgan fingerprint density at radius 2 is 1.94 bits per heavy atom. The highest BCUT2D eigenvalue weighted by atomic mass is 16.7. The quantitative estimate of drug-likeness (QED) is 0.795. The van der Waals surface area contributed by atoms with Crippen LogP contribution < -0.4 is 4.84 Å². The Morgan fingerprint density at radius 3 is 2.53 bits per heavy atom. The van der Waals surface area contributed by atoms with Crippen molar-refractivity contribution in [2.75, 3.05) is 0 Å². The molecule has 0 saturated heterocycles. The maximum absolute atomic E-state index is 11.2. The molecule has 0 bridgehead atoms. The number of fused-ring (bicyclic) bond motifs is 1. The number of carbonyl (C=O) groups is 1. The van der Waals surface area contributed by atoms with Gasteiger partial charge in [-0.25, -0.2) is 4.79 Å². The molecule has 0 aliphatic heterocycles. The number of nitrogens with zero attached hydrogens (tertiary/aromatic N) is 1. The van der Waals surface area contributed by atoms with Gasteiger partial charge in [-0.05, 0) is 24.5 Å². The predicted octanol–water partition coefficient (Wildman–Crippen LogP) is 3.05. The summed E-state index contributed by atoms with van der Waals surface area (Å²) >= 11 is 0. The Labute approximate surface area is 101 Å². The van der Waals surface area contributed by atoms with Crippen LogP contribution in [0.5, 0.6) is 0 Å². The highest BCUT2D eigenvalue weighted by Gasteiger charge is 2.18. The SMILES string of the molecule is CC(=O)On1c(C(C)C)c(C)c2ccccc21. The fourth-order valence-electron chi connectivity index (χ4n) is 2.28. The van der Waals surface area contributed by atoms with Crippen LogP contribution >= 0.6 is 0 Å². The van der Waals surface area contributed by atoms with E-state index in [-0.39, 0.29) is 5.97 Å². The van der Waals surface area contributed by atoms with E-state index in [9.17, 15) is 4.79 Å². The molecule has 0 radical (unpaired) electrons. The van der Waals surface area contributed by atoms with Crippen molar-refractivity contribution >= 4 is 16.9 Å². The van der Waals surface area contributed by atoms with Crippen LogP contribution in [0, 0.1) is 6.92 Å². The molecular formula is C14H17NO2. The van der Waals surface area contributed by atoms with Crippen molar-refractivity contribution in [3.63, 3.8) is 0 Å². The zero-order valence-corrected chi connectivity index (χ0v) is 10.7. The van der Waals surface area contributed by atoms with Gasteiger partial charge in [0.05, 0.1) is 11.2 Å². The number of hydrogen-bond acceptors (Lipinski definition) is 2. The van der Waals surface area contributed by atoms with Crippen molar-refractivity contribution in [2.45, 2.75) is 33.6 Å². The lowest BCUT2D eigenvalue weighted by Crippen LogP contribution is -2.19. The van der Waals surface area contributed by atoms with Gasteiger partial charge in [0.1, 0.15) is 0 Å². The maximum Gasteiger partial charge on any atom is 0.329 e. The smallest absolute Gasteiger partial charge is 0.329 e. The van der Waals surface area contributed by atoms with Crippen molar-refractivity contribution < 1.29 is 9.63 Å². The number of benzene rings is 1. The standard InChI is InChI=1S/C14H17NO2/c1-9(2)14-10(3)12-7-5-6-8-13(12)15(14)17-11(4)16/h5-9H,1-4H3. The minimum Gasteiger partial charge on any atom is -0.337 e. The number of carbonyl (C=O) groups excluding carboxylic acids is 1. The summed E-state index contributed by atoms with van der Waals surface area (Å²) in [5.74, 6) is 0.00871. The van der Waals surface area contributed by atoms with E-state index < -0.39 is 0 Å². The largest absolute Gasteiger partial charge is 0.337 e. The Hall–Kier alpha value is -1.77. The molecule has 0 spiro atoms. The van der Waals surface area contributed by atoms with Crippen LogP contribution in [0.4, 0.5) is 0 Å². The average Bonchev–Trinajstić information content (AvgIpc) is 2.52. The van der Waals surface area contributed by atoms with Gasteiger partial charge in [0.15, 0.2) is 0 Å². The molecule has 1 aromatic heterocycles. The summed E-state index contributed by atoms with van der Waals surface area (Å²) in [6.45, 7) is 7.69. The molecule has 0 aliphatic carbocycles. The monoisotopic (exact) mass is 231 g/mol. The van der Waals surface area contributed by atoms with Crippen molar-refractivity contribution in [1.29, 1.82) is 0 Å². The molecule has 3 nitrogen and oxygen atoms in total. The molecule has 1 aromatic carbocycles. The summed E-state index contributed by atoms with van der Waals surface area (Å²) < 4.78 is 1.66. The summed E-state index contributed by atoms with van der Waals surface area (Å²) in [6.07, 6.45) is 0. The van der Waals surface area contributed by atoms with Gasteiger partial charge in [0.2, 0.25) is 0 Å². The molecule has 3 heteroatoms. The maximum atomic E-state index is 11.2. The van der Waals surface area contributed by atoms with Gasteiger partial charge in [0, 0.05) is 12.3 Å². The van der Waals surface area contributed by atoms with E-state index in [4.69, 9.17) is 4.84 Å². The van der Waals surface area contributed by atoms with E-state index in [1.807, 2.05) is 18.2 Å². The van der Waals surface area contributed by atoms with Gasteiger partial charge in [0.25, 0.3) is 0 Å². The zero-order valence-electron chi connectivity index (χ0n) is 10.7. The van der Waals surface area contributed by atoms with Gasteiger partial charge in [-0.2, -0.15) is 4.73 Å². The summed E-state index contributed by atoms with van der Waals surface area (Å²) in [5.41, 5.74) is 3.18. The van der Waals surface area contributed by atoms with Crippen LogP contribution in [0.15, 0.2) is 24.3 Å². The van der Waals surface area contributed by atoms with Gasteiger partial charge in [-0.15, -0.1) is 0 Å². The molecule has 1 heterocycles. The van der Waals surface area contributed by atoms with E-state index in [2.05, 4.69) is 26.8 Å². The van der Waals surface area contributed by atoms with E-state index in [0.717, 1.165) is 16.6 Å². The van der Waals surface area contributed by atoms with Crippen molar-refractivity contribution in [1.82, 2.24) is 4.73 Å². The second kappa shape index (κ2) is 4.24. The van der Waals surface area contributed by atoms with E-state index >= 15 is 0 Å². The number of aryl methyl sites for hydroxylation is 1.